The van der Waals surface area contributed by atoms with Gasteiger partial charge in [-0.05, 0) is 18.4 Å². The molecule has 0 saturated carbocycles. The molecule has 0 aliphatic rings. The Labute approximate surface area is 118 Å². The van der Waals surface area contributed by atoms with Gasteiger partial charge in [-0.15, -0.1) is 0 Å². The van der Waals surface area contributed by atoms with E-state index in [0.717, 1.165) is 13.0 Å². The first kappa shape index (κ1) is 15.9. The molecular formula is C14H19N3O3. The van der Waals surface area contributed by atoms with Gasteiger partial charge in [-0.25, -0.2) is 0 Å². The van der Waals surface area contributed by atoms with Crippen LogP contribution < -0.4 is 5.32 Å². The van der Waals surface area contributed by atoms with Crippen LogP contribution in [-0.2, 0) is 4.74 Å². The Morgan fingerprint density at radius 3 is 2.85 bits per heavy atom. The van der Waals surface area contributed by atoms with E-state index >= 15 is 0 Å². The fourth-order valence-corrected chi connectivity index (χ4v) is 1.61. The largest absolute Gasteiger partial charge is 0.384 e. The van der Waals surface area contributed by atoms with Crippen molar-refractivity contribution < 1.29 is 9.66 Å². The number of nitrogens with zero attached hydrogens (tertiary/aromatic N) is 2. The molecule has 0 radical (unpaired) electrons. The van der Waals surface area contributed by atoms with Crippen LogP contribution in [0.4, 0.5) is 11.4 Å². The number of benzene rings is 1. The van der Waals surface area contributed by atoms with Crippen LogP contribution in [0.5, 0.6) is 0 Å². The number of nitriles is 1. The average molecular weight is 277 g/mol. The van der Waals surface area contributed by atoms with Gasteiger partial charge >= 0.3 is 0 Å². The topological polar surface area (TPSA) is 88.2 Å². The third-order valence-corrected chi connectivity index (χ3v) is 2.57. The summed E-state index contributed by atoms with van der Waals surface area (Å²) in [5, 5.41) is 22.7. The summed E-state index contributed by atoms with van der Waals surface area (Å²) in [6.07, 6.45) is 0.814. The molecule has 20 heavy (non-hydrogen) atoms. The van der Waals surface area contributed by atoms with Crippen LogP contribution in [0.15, 0.2) is 18.2 Å². The number of nitro benzene ring substituents is 1. The Morgan fingerprint density at radius 1 is 1.50 bits per heavy atom. The van der Waals surface area contributed by atoms with E-state index < -0.39 is 4.92 Å². The predicted molar refractivity (Wildman–Crippen MR) is 76.6 cm³/mol. The molecule has 0 spiro atoms. The molecule has 0 heterocycles. The second kappa shape index (κ2) is 8.12. The van der Waals surface area contributed by atoms with Crippen molar-refractivity contribution in [3.63, 3.8) is 0 Å². The van der Waals surface area contributed by atoms with Crippen molar-refractivity contribution in [2.75, 3.05) is 25.1 Å². The molecule has 0 bridgehead atoms. The highest BCUT2D eigenvalue weighted by Gasteiger charge is 2.10. The molecule has 1 N–H and O–H groups in total. The number of hydrogen-bond donors (Lipinski definition) is 1. The van der Waals surface area contributed by atoms with Crippen LogP contribution in [0, 0.1) is 27.4 Å². The van der Waals surface area contributed by atoms with Crippen molar-refractivity contribution in [3.8, 4) is 6.07 Å². The minimum absolute atomic E-state index is 0.0765. The highest BCUT2D eigenvalue weighted by Crippen LogP contribution is 2.21. The molecule has 0 aliphatic heterocycles. The van der Waals surface area contributed by atoms with Gasteiger partial charge in [0.15, 0.2) is 0 Å². The first-order valence-electron chi connectivity index (χ1n) is 6.54. The standard InChI is InChI=1S/C14H19N3O3/c1-11(2)10-20-7-3-6-16-14-5-4-13(17(18)19)8-12(14)9-15/h4-5,8,11,16H,3,6-7,10H2,1-2H3. The van der Waals surface area contributed by atoms with Crippen molar-refractivity contribution in [3.05, 3.63) is 33.9 Å². The van der Waals surface area contributed by atoms with Crippen molar-refractivity contribution in [2.24, 2.45) is 5.92 Å². The Bertz CT molecular complexity index is 495. The second-order valence-electron chi connectivity index (χ2n) is 4.85. The lowest BCUT2D eigenvalue weighted by Gasteiger charge is -2.09. The van der Waals surface area contributed by atoms with E-state index in [1.165, 1.54) is 12.1 Å². The van der Waals surface area contributed by atoms with Gasteiger partial charge < -0.3 is 10.1 Å². The molecule has 0 aromatic heterocycles. The SMILES string of the molecule is CC(C)COCCCNc1ccc([N+](=O)[O-])cc1C#N. The molecule has 0 atom stereocenters. The zero-order chi connectivity index (χ0) is 15.0. The summed E-state index contributed by atoms with van der Waals surface area (Å²) in [5.74, 6) is 0.517. The number of hydrogen-bond acceptors (Lipinski definition) is 5. The first-order chi connectivity index (χ1) is 9.54. The van der Waals surface area contributed by atoms with Gasteiger partial charge in [0.1, 0.15) is 6.07 Å². The summed E-state index contributed by atoms with van der Waals surface area (Å²) < 4.78 is 5.45. The Kier molecular flexibility index (Phi) is 6.47. The molecule has 0 amide bonds. The normalized spacial score (nSPS) is 10.3. The molecule has 108 valence electrons. The van der Waals surface area contributed by atoms with E-state index in [-0.39, 0.29) is 11.3 Å². The van der Waals surface area contributed by atoms with Crippen molar-refractivity contribution >= 4 is 11.4 Å². The lowest BCUT2D eigenvalue weighted by Crippen LogP contribution is -2.09. The number of anilines is 1. The second-order valence-corrected chi connectivity index (χ2v) is 4.85. The van der Waals surface area contributed by atoms with Crippen LogP contribution in [0.3, 0.4) is 0 Å². The van der Waals surface area contributed by atoms with E-state index in [9.17, 15) is 10.1 Å². The number of ether oxygens (including phenoxy) is 1. The number of rotatable bonds is 8. The Hall–Kier alpha value is -2.13. The molecule has 0 fully saturated rings. The molecule has 0 saturated heterocycles. The fraction of sp³-hybridized carbons (Fsp3) is 0.500. The van der Waals surface area contributed by atoms with Crippen LogP contribution in [0.25, 0.3) is 0 Å². The molecule has 0 unspecified atom stereocenters. The van der Waals surface area contributed by atoms with Crippen molar-refractivity contribution in [1.29, 1.82) is 5.26 Å². The zero-order valence-corrected chi connectivity index (χ0v) is 11.8. The van der Waals surface area contributed by atoms with Crippen molar-refractivity contribution in [1.82, 2.24) is 0 Å². The smallest absolute Gasteiger partial charge is 0.270 e. The number of non-ortho nitro benzene ring substituents is 1. The third kappa shape index (κ3) is 5.24. The Morgan fingerprint density at radius 2 is 2.25 bits per heavy atom. The number of nitro groups is 1. The summed E-state index contributed by atoms with van der Waals surface area (Å²) in [7, 11) is 0. The zero-order valence-electron chi connectivity index (χ0n) is 11.8. The third-order valence-electron chi connectivity index (χ3n) is 2.57. The van der Waals surface area contributed by atoms with Gasteiger partial charge in [0.05, 0.1) is 16.2 Å². The lowest BCUT2D eigenvalue weighted by molar-refractivity contribution is -0.384. The molecule has 6 nitrogen and oxygen atoms in total. The maximum absolute atomic E-state index is 10.6. The maximum atomic E-state index is 10.6. The Balaban J connectivity index is 2.44. The number of nitrogens with one attached hydrogen (secondary N) is 1. The predicted octanol–water partition coefficient (Wildman–Crippen LogP) is 2.94. The monoisotopic (exact) mass is 277 g/mol. The molecule has 0 aliphatic carbocycles. The van der Waals surface area contributed by atoms with Crippen LogP contribution >= 0.6 is 0 Å². The van der Waals surface area contributed by atoms with Gasteiger partial charge in [0, 0.05) is 31.9 Å². The fourth-order valence-electron chi connectivity index (χ4n) is 1.61. The highest BCUT2D eigenvalue weighted by molar-refractivity contribution is 5.61. The van der Waals surface area contributed by atoms with E-state index in [4.69, 9.17) is 10.00 Å². The summed E-state index contributed by atoms with van der Waals surface area (Å²) in [6.45, 7) is 6.23. The first-order valence-corrected chi connectivity index (χ1v) is 6.54. The maximum Gasteiger partial charge on any atom is 0.270 e. The minimum Gasteiger partial charge on any atom is -0.384 e. The lowest BCUT2D eigenvalue weighted by atomic mass is 10.1. The quantitative estimate of drug-likeness (QED) is 0.448. The van der Waals surface area contributed by atoms with Crippen LogP contribution in [-0.4, -0.2) is 24.7 Å². The summed E-state index contributed by atoms with van der Waals surface area (Å²) in [5.41, 5.74) is 0.816. The van der Waals surface area contributed by atoms with Gasteiger partial charge in [0.25, 0.3) is 5.69 Å². The van der Waals surface area contributed by atoms with Crippen molar-refractivity contribution in [2.45, 2.75) is 20.3 Å². The summed E-state index contributed by atoms with van der Waals surface area (Å²) in [4.78, 5) is 10.1. The molecule has 1 aromatic rings. The van der Waals surface area contributed by atoms with E-state index in [1.807, 2.05) is 6.07 Å². The van der Waals surface area contributed by atoms with Gasteiger partial charge in [-0.3, -0.25) is 10.1 Å². The summed E-state index contributed by atoms with van der Waals surface area (Å²) >= 11 is 0. The van der Waals surface area contributed by atoms with Gasteiger partial charge in [0.2, 0.25) is 0 Å². The van der Waals surface area contributed by atoms with Crippen LogP contribution in [0.1, 0.15) is 25.8 Å². The van der Waals surface area contributed by atoms with Crippen LogP contribution in [0.2, 0.25) is 0 Å². The molecular weight excluding hydrogens is 258 g/mol. The summed E-state index contributed by atoms with van der Waals surface area (Å²) in [6, 6.07) is 6.18. The molecule has 1 rings (SSSR count). The molecule has 6 heteroatoms. The minimum atomic E-state index is -0.510. The van der Waals surface area contributed by atoms with E-state index in [0.29, 0.717) is 24.8 Å². The van der Waals surface area contributed by atoms with Gasteiger partial charge in [-0.1, -0.05) is 13.8 Å². The molecule has 1 aromatic carbocycles. The van der Waals surface area contributed by atoms with E-state index in [2.05, 4.69) is 19.2 Å². The highest BCUT2D eigenvalue weighted by atomic mass is 16.6. The van der Waals surface area contributed by atoms with E-state index in [1.54, 1.807) is 6.07 Å². The van der Waals surface area contributed by atoms with Gasteiger partial charge in [-0.2, -0.15) is 5.26 Å². The average Bonchev–Trinajstić information content (AvgIpc) is 2.42.